The highest BCUT2D eigenvalue weighted by atomic mass is 32.2. The number of carbonyl (C=O) groups excluding carboxylic acids is 3. The molecular weight excluding hydrogens is 492 g/mol. The molecule has 1 aliphatic rings. The molecule has 0 aromatic heterocycles. The second-order valence-electron chi connectivity index (χ2n) is 9.07. The molecule has 1 aromatic carbocycles. The summed E-state index contributed by atoms with van der Waals surface area (Å²) in [4.78, 5) is 39.8. The average Bonchev–Trinajstić information content (AvgIpc) is 3.16. The number of benzene rings is 1. The van der Waals surface area contributed by atoms with E-state index in [1.165, 1.54) is 6.08 Å². The summed E-state index contributed by atoms with van der Waals surface area (Å²) in [5.41, 5.74) is 7.20. The molecule has 14 heteroatoms. The topological polar surface area (TPSA) is 180 Å². The third kappa shape index (κ3) is 7.70. The predicted molar refractivity (Wildman–Crippen MR) is 129 cm³/mol. The van der Waals surface area contributed by atoms with Crippen LogP contribution in [0.5, 0.6) is 0 Å². The lowest BCUT2D eigenvalue weighted by Gasteiger charge is -2.26. The van der Waals surface area contributed by atoms with Crippen LogP contribution in [-0.4, -0.2) is 61.5 Å². The van der Waals surface area contributed by atoms with Crippen molar-refractivity contribution in [1.29, 1.82) is 0 Å². The van der Waals surface area contributed by atoms with Crippen molar-refractivity contribution in [2.24, 2.45) is 11.0 Å². The van der Waals surface area contributed by atoms with Crippen LogP contribution in [0, 0.1) is 5.92 Å². The largest absolute Gasteiger partial charge is 0.460 e. The van der Waals surface area contributed by atoms with Crippen LogP contribution in [-0.2, 0) is 35.9 Å². The van der Waals surface area contributed by atoms with Gasteiger partial charge in [0, 0.05) is 18.0 Å². The van der Waals surface area contributed by atoms with Gasteiger partial charge in [-0.25, -0.2) is 9.52 Å². The van der Waals surface area contributed by atoms with E-state index in [1.54, 1.807) is 51.1 Å². The molecule has 2 rings (SSSR count). The van der Waals surface area contributed by atoms with Crippen LogP contribution in [0.25, 0.3) is 10.4 Å². The Balaban J connectivity index is 2.15. The van der Waals surface area contributed by atoms with Crippen molar-refractivity contribution in [3.8, 4) is 0 Å². The van der Waals surface area contributed by atoms with Crippen LogP contribution in [0.3, 0.4) is 0 Å². The summed E-state index contributed by atoms with van der Waals surface area (Å²) in [6.45, 7) is 6.95. The lowest BCUT2D eigenvalue weighted by molar-refractivity contribution is -0.152. The summed E-state index contributed by atoms with van der Waals surface area (Å²) in [6.07, 6.45) is 0.710. The van der Waals surface area contributed by atoms with Crippen molar-refractivity contribution in [3.63, 3.8) is 0 Å². The van der Waals surface area contributed by atoms with Gasteiger partial charge in [-0.1, -0.05) is 41.5 Å². The first-order valence-electron chi connectivity index (χ1n) is 11.0. The van der Waals surface area contributed by atoms with E-state index in [9.17, 15) is 28.3 Å². The van der Waals surface area contributed by atoms with Crippen molar-refractivity contribution in [1.82, 2.24) is 14.3 Å². The molecule has 36 heavy (non-hydrogen) atoms. The normalized spacial score (nSPS) is 20.0. The van der Waals surface area contributed by atoms with Gasteiger partial charge in [0.2, 0.25) is 0 Å². The lowest BCUT2D eigenvalue weighted by atomic mass is 9.85. The summed E-state index contributed by atoms with van der Waals surface area (Å²) in [6, 6.07) is 8.79. The molecule has 196 valence electrons. The Morgan fingerprint density at radius 2 is 1.97 bits per heavy atom. The van der Waals surface area contributed by atoms with E-state index in [-0.39, 0.29) is 19.6 Å². The number of rotatable bonds is 10. The Morgan fingerprint density at radius 1 is 1.31 bits per heavy atom. The zero-order valence-electron chi connectivity index (χ0n) is 20.3. The highest BCUT2D eigenvalue weighted by molar-refractivity contribution is 7.87. The summed E-state index contributed by atoms with van der Waals surface area (Å²) in [5, 5.41) is 5.83. The van der Waals surface area contributed by atoms with Crippen LogP contribution in [0.15, 0.2) is 48.1 Å². The minimum atomic E-state index is -4.47. The van der Waals surface area contributed by atoms with Gasteiger partial charge in [-0.05, 0) is 44.2 Å². The van der Waals surface area contributed by atoms with Crippen LogP contribution in [0.2, 0.25) is 0 Å². The van der Waals surface area contributed by atoms with Crippen LogP contribution in [0.4, 0.5) is 4.79 Å². The smallest absolute Gasteiger partial charge is 0.408 e. The van der Waals surface area contributed by atoms with Gasteiger partial charge in [-0.15, -0.1) is 6.58 Å². The molecule has 13 nitrogen and oxygen atoms in total. The van der Waals surface area contributed by atoms with E-state index in [4.69, 9.17) is 9.47 Å². The summed E-state index contributed by atoms with van der Waals surface area (Å²) in [5.74, 6) is -2.72. The molecule has 1 heterocycles. The molecule has 1 saturated heterocycles. The van der Waals surface area contributed by atoms with Gasteiger partial charge in [0.25, 0.3) is 5.91 Å². The van der Waals surface area contributed by atoms with Crippen molar-refractivity contribution >= 4 is 28.2 Å². The summed E-state index contributed by atoms with van der Waals surface area (Å²) in [7, 11) is -4.47. The maximum Gasteiger partial charge on any atom is 0.408 e. The predicted octanol–water partition coefficient (Wildman–Crippen LogP) is 2.17. The number of esters is 1. The molecular formula is C22H30N6O7S. The number of azide groups is 1. The summed E-state index contributed by atoms with van der Waals surface area (Å²) < 4.78 is 38.8. The number of carbonyl (C=O) groups is 3. The Bertz CT molecular complexity index is 1130. The first-order valence-corrected chi connectivity index (χ1v) is 12.4. The number of nitrogens with zero attached hydrogens (tertiary/aromatic N) is 4. The minimum Gasteiger partial charge on any atom is -0.460 e. The SMILES string of the molecule is C=CCC1CN(S(=O)(=O)NC(=O)CNC(=O)OC(C)(C)C)CC1(N=[N+]=[N-])C(=O)OCc1ccccc1. The first kappa shape index (κ1) is 28.6. The fourth-order valence-corrected chi connectivity index (χ4v) is 4.77. The molecule has 2 unspecified atom stereocenters. The maximum atomic E-state index is 13.1. The second-order valence-corrected chi connectivity index (χ2v) is 10.7. The fraction of sp³-hybridized carbons (Fsp3) is 0.500. The first-order chi connectivity index (χ1) is 16.8. The third-order valence-corrected chi connectivity index (χ3v) is 6.58. The molecule has 1 aliphatic heterocycles. The molecule has 0 bridgehead atoms. The maximum absolute atomic E-state index is 13.1. The lowest BCUT2D eigenvalue weighted by Crippen LogP contribution is -2.49. The molecule has 0 saturated carbocycles. The van der Waals surface area contributed by atoms with Gasteiger partial charge in [-0.2, -0.15) is 12.7 Å². The monoisotopic (exact) mass is 522 g/mol. The van der Waals surface area contributed by atoms with Crippen LogP contribution >= 0.6 is 0 Å². The van der Waals surface area contributed by atoms with Crippen LogP contribution < -0.4 is 10.0 Å². The van der Waals surface area contributed by atoms with E-state index in [2.05, 4.69) is 21.9 Å². The molecule has 0 radical (unpaired) electrons. The number of hydrogen-bond donors (Lipinski definition) is 2. The van der Waals surface area contributed by atoms with Crippen molar-refractivity contribution in [2.75, 3.05) is 19.6 Å². The molecule has 0 aliphatic carbocycles. The molecule has 2 amide bonds. The average molecular weight is 523 g/mol. The van der Waals surface area contributed by atoms with E-state index in [0.29, 0.717) is 5.56 Å². The number of amides is 2. The summed E-state index contributed by atoms with van der Waals surface area (Å²) >= 11 is 0. The van der Waals surface area contributed by atoms with Crippen molar-refractivity contribution in [3.05, 3.63) is 59.0 Å². The van der Waals surface area contributed by atoms with Gasteiger partial charge < -0.3 is 14.8 Å². The van der Waals surface area contributed by atoms with Crippen molar-refractivity contribution in [2.45, 2.75) is 44.9 Å². The molecule has 2 N–H and O–H groups in total. The third-order valence-electron chi connectivity index (χ3n) is 5.13. The zero-order valence-corrected chi connectivity index (χ0v) is 21.2. The molecule has 2 atom stereocenters. The number of hydrogen-bond acceptors (Lipinski definition) is 8. The quantitative estimate of drug-likeness (QED) is 0.155. The van der Waals surface area contributed by atoms with Crippen LogP contribution in [0.1, 0.15) is 32.8 Å². The number of nitrogens with one attached hydrogen (secondary N) is 2. The standard InChI is InChI=1S/C22H30N6O7S/c1-5-9-17-13-28(36(32,33)25-18(29)12-24-20(31)35-21(2,3)4)15-22(17,26-27-23)19(30)34-14-16-10-7-6-8-11-16/h5-8,10-11,17H,1,9,12-15H2,2-4H3,(H,24,31)(H,25,29). The van der Waals surface area contributed by atoms with E-state index in [1.807, 2.05) is 4.72 Å². The number of allylic oxidation sites excluding steroid dienone is 1. The highest BCUT2D eigenvalue weighted by Crippen LogP contribution is 2.37. The van der Waals surface area contributed by atoms with Gasteiger partial charge in [0.1, 0.15) is 18.8 Å². The fourth-order valence-electron chi connectivity index (χ4n) is 3.54. The van der Waals surface area contributed by atoms with E-state index in [0.717, 1.165) is 4.31 Å². The van der Waals surface area contributed by atoms with Gasteiger partial charge >= 0.3 is 22.3 Å². The van der Waals surface area contributed by atoms with Gasteiger partial charge in [0.05, 0.1) is 0 Å². The Morgan fingerprint density at radius 3 is 2.56 bits per heavy atom. The molecule has 0 spiro atoms. The Labute approximate surface area is 209 Å². The highest BCUT2D eigenvalue weighted by Gasteiger charge is 2.55. The Kier molecular flexibility index (Phi) is 9.45. The minimum absolute atomic E-state index is 0.108. The second kappa shape index (κ2) is 11.9. The van der Waals surface area contributed by atoms with Gasteiger partial charge in [-0.3, -0.25) is 9.59 Å². The Hall–Kier alpha value is -3.61. The van der Waals surface area contributed by atoms with E-state index < -0.39 is 58.3 Å². The molecule has 1 aromatic rings. The van der Waals surface area contributed by atoms with Crippen molar-refractivity contribution < 1.29 is 32.3 Å². The number of ether oxygens (including phenoxy) is 2. The molecule has 1 fully saturated rings. The number of alkyl carbamates (subject to hydrolysis) is 1. The van der Waals surface area contributed by atoms with Gasteiger partial charge in [0.15, 0.2) is 5.54 Å². The van der Waals surface area contributed by atoms with E-state index >= 15 is 0 Å². The zero-order chi connectivity index (χ0) is 27.0.